The Hall–Kier alpha value is -0.650. The molecule has 0 amide bonds. The first-order valence-electron chi connectivity index (χ1n) is 5.31. The molecule has 1 heterocycles. The van der Waals surface area contributed by atoms with E-state index in [4.69, 9.17) is 4.42 Å². The second-order valence-electron chi connectivity index (χ2n) is 3.55. The number of nitrogens with one attached hydrogen (secondary N) is 1. The average molecular weight is 360 g/mol. The van der Waals surface area contributed by atoms with E-state index in [2.05, 4.69) is 49.1 Å². The first-order valence-corrected chi connectivity index (χ1v) is 6.90. The van der Waals surface area contributed by atoms with Crippen molar-refractivity contribution in [2.45, 2.75) is 13.5 Å². The molecule has 1 aromatic carbocycles. The molecule has 1 N–H and O–H groups in total. The maximum absolute atomic E-state index is 5.48. The summed E-state index contributed by atoms with van der Waals surface area (Å²) >= 11 is 6.93. The molecule has 5 heteroatoms. The zero-order valence-corrected chi connectivity index (χ0v) is 12.5. The third-order valence-corrected chi connectivity index (χ3v) is 3.45. The number of halogens is 2. The number of benzene rings is 1. The van der Waals surface area contributed by atoms with Crippen LogP contribution in [0, 0.1) is 0 Å². The van der Waals surface area contributed by atoms with Gasteiger partial charge in [0.1, 0.15) is 6.26 Å². The molecule has 0 aliphatic rings. The number of hydrogen-bond acceptors (Lipinski definition) is 3. The molecule has 0 unspecified atom stereocenters. The third-order valence-electron chi connectivity index (χ3n) is 2.27. The van der Waals surface area contributed by atoms with Crippen molar-refractivity contribution in [2.24, 2.45) is 0 Å². The molecule has 0 fully saturated rings. The molecule has 0 aliphatic carbocycles. The van der Waals surface area contributed by atoms with Crippen LogP contribution in [0.4, 0.5) is 0 Å². The van der Waals surface area contributed by atoms with Crippen LogP contribution in [0.3, 0.4) is 0 Å². The van der Waals surface area contributed by atoms with E-state index in [1.807, 2.05) is 18.2 Å². The Bertz CT molecular complexity index is 511. The smallest absolute Gasteiger partial charge is 0.227 e. The minimum atomic E-state index is 0.631. The van der Waals surface area contributed by atoms with Crippen molar-refractivity contribution in [1.29, 1.82) is 0 Å². The van der Waals surface area contributed by atoms with Gasteiger partial charge in [0, 0.05) is 15.5 Å². The number of aromatic nitrogens is 1. The Labute approximate surface area is 117 Å². The van der Waals surface area contributed by atoms with E-state index in [-0.39, 0.29) is 0 Å². The molecular weight excluding hydrogens is 348 g/mol. The van der Waals surface area contributed by atoms with Gasteiger partial charge < -0.3 is 9.73 Å². The van der Waals surface area contributed by atoms with E-state index in [0.29, 0.717) is 5.89 Å². The van der Waals surface area contributed by atoms with Crippen LogP contribution < -0.4 is 5.32 Å². The van der Waals surface area contributed by atoms with Gasteiger partial charge in [-0.1, -0.05) is 22.9 Å². The van der Waals surface area contributed by atoms with Gasteiger partial charge in [0.05, 0.1) is 11.3 Å². The molecule has 0 atom stereocenters. The second kappa shape index (κ2) is 5.80. The topological polar surface area (TPSA) is 38.1 Å². The Morgan fingerprint density at radius 1 is 1.35 bits per heavy atom. The van der Waals surface area contributed by atoms with Crippen molar-refractivity contribution >= 4 is 31.9 Å². The molecule has 0 saturated carbocycles. The summed E-state index contributed by atoms with van der Waals surface area (Å²) in [6, 6.07) is 5.91. The van der Waals surface area contributed by atoms with E-state index in [0.717, 1.165) is 33.3 Å². The Morgan fingerprint density at radius 2 is 2.18 bits per heavy atom. The van der Waals surface area contributed by atoms with E-state index in [9.17, 15) is 0 Å². The molecule has 0 bridgehead atoms. The SMILES string of the molecule is CCNCc1coc(-c2cc(Br)ccc2Br)n1. The molecule has 90 valence electrons. The Morgan fingerprint density at radius 3 is 2.94 bits per heavy atom. The van der Waals surface area contributed by atoms with Crippen molar-refractivity contribution in [2.75, 3.05) is 6.54 Å². The molecule has 0 aliphatic heterocycles. The molecule has 17 heavy (non-hydrogen) atoms. The van der Waals surface area contributed by atoms with Crippen molar-refractivity contribution in [1.82, 2.24) is 10.3 Å². The van der Waals surface area contributed by atoms with E-state index in [1.165, 1.54) is 0 Å². The molecule has 1 aromatic heterocycles. The predicted octanol–water partition coefficient (Wildman–Crippen LogP) is 3.98. The first kappa shape index (κ1) is 12.8. The van der Waals surface area contributed by atoms with Gasteiger partial charge in [0.2, 0.25) is 5.89 Å². The van der Waals surface area contributed by atoms with Gasteiger partial charge in [-0.05, 0) is 40.7 Å². The highest BCUT2D eigenvalue weighted by atomic mass is 79.9. The first-order chi connectivity index (χ1) is 8.20. The minimum Gasteiger partial charge on any atom is -0.444 e. The van der Waals surface area contributed by atoms with Gasteiger partial charge in [-0.25, -0.2) is 4.98 Å². The van der Waals surface area contributed by atoms with Crippen LogP contribution in [0.25, 0.3) is 11.5 Å². The van der Waals surface area contributed by atoms with Crippen molar-refractivity contribution in [3.8, 4) is 11.5 Å². The molecule has 0 saturated heterocycles. The molecular formula is C12H12Br2N2O. The number of nitrogens with zero attached hydrogens (tertiary/aromatic N) is 1. The van der Waals surface area contributed by atoms with Gasteiger partial charge in [-0.15, -0.1) is 0 Å². The van der Waals surface area contributed by atoms with Crippen molar-refractivity contribution in [3.05, 3.63) is 39.1 Å². The molecule has 2 aromatic rings. The quantitative estimate of drug-likeness (QED) is 0.897. The molecule has 3 nitrogen and oxygen atoms in total. The van der Waals surface area contributed by atoms with Crippen molar-refractivity contribution < 1.29 is 4.42 Å². The summed E-state index contributed by atoms with van der Waals surface area (Å²) in [6.07, 6.45) is 1.69. The zero-order valence-electron chi connectivity index (χ0n) is 9.34. The summed E-state index contributed by atoms with van der Waals surface area (Å²) in [5, 5.41) is 3.21. The highest BCUT2D eigenvalue weighted by Crippen LogP contribution is 2.30. The molecule has 2 rings (SSSR count). The fourth-order valence-electron chi connectivity index (χ4n) is 1.43. The maximum Gasteiger partial charge on any atom is 0.227 e. The van der Waals surface area contributed by atoms with Gasteiger partial charge in [0.25, 0.3) is 0 Å². The van der Waals surface area contributed by atoms with Gasteiger partial charge >= 0.3 is 0 Å². The number of hydrogen-bond donors (Lipinski definition) is 1. The lowest BCUT2D eigenvalue weighted by molar-refractivity contribution is 0.570. The third kappa shape index (κ3) is 3.18. The second-order valence-corrected chi connectivity index (χ2v) is 5.32. The monoisotopic (exact) mass is 358 g/mol. The van der Waals surface area contributed by atoms with Crippen LogP contribution in [0.15, 0.2) is 37.8 Å². The van der Waals surface area contributed by atoms with Crippen LogP contribution in [0.5, 0.6) is 0 Å². The van der Waals surface area contributed by atoms with E-state index in [1.54, 1.807) is 6.26 Å². The summed E-state index contributed by atoms with van der Waals surface area (Å²) in [6.45, 7) is 3.71. The highest BCUT2D eigenvalue weighted by Gasteiger charge is 2.10. The molecule has 0 spiro atoms. The summed E-state index contributed by atoms with van der Waals surface area (Å²) in [5.41, 5.74) is 1.86. The highest BCUT2D eigenvalue weighted by molar-refractivity contribution is 9.11. The zero-order chi connectivity index (χ0) is 12.3. The fraction of sp³-hybridized carbons (Fsp3) is 0.250. The van der Waals surface area contributed by atoms with Crippen LogP contribution in [-0.4, -0.2) is 11.5 Å². The summed E-state index contributed by atoms with van der Waals surface area (Å²) in [5.74, 6) is 0.631. The number of oxazole rings is 1. The Kier molecular flexibility index (Phi) is 4.36. The maximum atomic E-state index is 5.48. The normalized spacial score (nSPS) is 10.8. The predicted molar refractivity (Wildman–Crippen MR) is 74.7 cm³/mol. The van der Waals surface area contributed by atoms with Crippen LogP contribution in [-0.2, 0) is 6.54 Å². The van der Waals surface area contributed by atoms with Crippen LogP contribution in [0.1, 0.15) is 12.6 Å². The summed E-state index contributed by atoms with van der Waals surface area (Å²) in [7, 11) is 0. The lowest BCUT2D eigenvalue weighted by Crippen LogP contribution is -2.11. The largest absolute Gasteiger partial charge is 0.444 e. The van der Waals surface area contributed by atoms with E-state index < -0.39 is 0 Å². The summed E-state index contributed by atoms with van der Waals surface area (Å²) < 4.78 is 7.45. The van der Waals surface area contributed by atoms with Crippen LogP contribution in [0.2, 0.25) is 0 Å². The lowest BCUT2D eigenvalue weighted by atomic mass is 10.2. The van der Waals surface area contributed by atoms with E-state index >= 15 is 0 Å². The summed E-state index contributed by atoms with van der Waals surface area (Å²) in [4.78, 5) is 4.44. The average Bonchev–Trinajstić information content (AvgIpc) is 2.78. The minimum absolute atomic E-state index is 0.631. The lowest BCUT2D eigenvalue weighted by Gasteiger charge is -2.00. The van der Waals surface area contributed by atoms with Crippen LogP contribution >= 0.6 is 31.9 Å². The Balaban J connectivity index is 2.27. The standard InChI is InChI=1S/C12H12Br2N2O/c1-2-15-6-9-7-17-12(16-9)10-5-8(13)3-4-11(10)14/h3-5,7,15H,2,6H2,1H3. The number of rotatable bonds is 4. The fourth-order valence-corrected chi connectivity index (χ4v) is 2.20. The van der Waals surface area contributed by atoms with Gasteiger partial charge in [0.15, 0.2) is 0 Å². The van der Waals surface area contributed by atoms with Gasteiger partial charge in [-0.3, -0.25) is 0 Å². The molecule has 0 radical (unpaired) electrons. The van der Waals surface area contributed by atoms with Gasteiger partial charge in [-0.2, -0.15) is 0 Å². The van der Waals surface area contributed by atoms with Crippen molar-refractivity contribution in [3.63, 3.8) is 0 Å².